The summed E-state index contributed by atoms with van der Waals surface area (Å²) in [5.41, 5.74) is 0.370. The number of hydrogen-bond acceptors (Lipinski definition) is 1. The molecule has 0 N–H and O–H groups in total. The van der Waals surface area contributed by atoms with Gasteiger partial charge in [0.15, 0.2) is 5.78 Å². The Morgan fingerprint density at radius 2 is 1.78 bits per heavy atom. The van der Waals surface area contributed by atoms with Gasteiger partial charge in [0.25, 0.3) is 0 Å². The second kappa shape index (κ2) is 7.75. The van der Waals surface area contributed by atoms with Crippen LogP contribution >= 0.6 is 0 Å². The minimum atomic E-state index is -0.634. The molecule has 1 rings (SSSR count). The zero-order valence-corrected chi connectivity index (χ0v) is 10.6. The third-order valence-corrected chi connectivity index (χ3v) is 2.62. The summed E-state index contributed by atoms with van der Waals surface area (Å²) in [5, 5.41) is 0. The van der Waals surface area contributed by atoms with Gasteiger partial charge in [-0.3, -0.25) is 4.79 Å². The van der Waals surface area contributed by atoms with Crippen LogP contribution < -0.4 is 0 Å². The molecule has 0 aliphatic rings. The zero-order chi connectivity index (χ0) is 13.4. The van der Waals surface area contributed by atoms with Gasteiger partial charge in [0, 0.05) is 12.5 Å². The highest BCUT2D eigenvalue weighted by molar-refractivity contribution is 5.93. The maximum absolute atomic E-state index is 12.9. The average Bonchev–Trinajstić information content (AvgIpc) is 2.31. The summed E-state index contributed by atoms with van der Waals surface area (Å²) in [5.74, 6) is -1.27. The van der Waals surface area contributed by atoms with Crippen molar-refractivity contribution in [2.75, 3.05) is 0 Å². The lowest BCUT2D eigenvalue weighted by molar-refractivity contribution is -0.114. The molecule has 0 heterocycles. The SMILES string of the molecule is CCCCCCC(=O)/C=C\c1cc(F)cc(F)c1. The molecule has 0 fully saturated rings. The van der Waals surface area contributed by atoms with Crippen molar-refractivity contribution in [3.05, 3.63) is 41.5 Å². The lowest BCUT2D eigenvalue weighted by atomic mass is 10.1. The van der Waals surface area contributed by atoms with Crippen LogP contribution in [0.1, 0.15) is 44.6 Å². The Labute approximate surface area is 107 Å². The van der Waals surface area contributed by atoms with Gasteiger partial charge in [-0.15, -0.1) is 0 Å². The van der Waals surface area contributed by atoms with Crippen LogP contribution in [0.15, 0.2) is 24.3 Å². The van der Waals surface area contributed by atoms with Crippen molar-refractivity contribution in [2.24, 2.45) is 0 Å². The summed E-state index contributed by atoms with van der Waals surface area (Å²) in [7, 11) is 0. The highest BCUT2D eigenvalue weighted by Crippen LogP contribution is 2.10. The van der Waals surface area contributed by atoms with Crippen molar-refractivity contribution in [3.63, 3.8) is 0 Å². The van der Waals surface area contributed by atoms with E-state index in [4.69, 9.17) is 0 Å². The summed E-state index contributed by atoms with van der Waals surface area (Å²) >= 11 is 0. The zero-order valence-electron chi connectivity index (χ0n) is 10.6. The smallest absolute Gasteiger partial charge is 0.155 e. The number of carbonyl (C=O) groups is 1. The van der Waals surface area contributed by atoms with Crippen LogP contribution in [0, 0.1) is 11.6 Å². The molecule has 0 saturated heterocycles. The molecule has 0 aliphatic heterocycles. The number of carbonyl (C=O) groups excluding carboxylic acids is 1. The van der Waals surface area contributed by atoms with E-state index < -0.39 is 11.6 Å². The van der Waals surface area contributed by atoms with Crippen molar-refractivity contribution >= 4 is 11.9 Å². The fraction of sp³-hybridized carbons (Fsp3) is 0.400. The van der Waals surface area contributed by atoms with Crippen molar-refractivity contribution in [1.82, 2.24) is 0 Å². The van der Waals surface area contributed by atoms with Gasteiger partial charge in [0.05, 0.1) is 0 Å². The molecule has 1 aromatic rings. The predicted octanol–water partition coefficient (Wildman–Crippen LogP) is 4.52. The topological polar surface area (TPSA) is 17.1 Å². The van der Waals surface area contributed by atoms with Crippen molar-refractivity contribution in [1.29, 1.82) is 0 Å². The predicted molar refractivity (Wildman–Crippen MR) is 69.2 cm³/mol. The maximum Gasteiger partial charge on any atom is 0.155 e. The Morgan fingerprint density at radius 1 is 1.11 bits per heavy atom. The minimum absolute atomic E-state index is 0.00391. The molecule has 0 unspecified atom stereocenters. The van der Waals surface area contributed by atoms with Crippen LogP contribution in [-0.4, -0.2) is 5.78 Å². The van der Waals surface area contributed by atoms with Crippen LogP contribution in [0.3, 0.4) is 0 Å². The lowest BCUT2D eigenvalue weighted by Gasteiger charge is -1.97. The van der Waals surface area contributed by atoms with E-state index in [-0.39, 0.29) is 5.78 Å². The second-order valence-electron chi connectivity index (χ2n) is 4.31. The average molecular weight is 252 g/mol. The normalized spacial score (nSPS) is 11.1. The molecule has 98 valence electrons. The Bertz CT molecular complexity index is 404. The molecule has 0 bridgehead atoms. The first-order valence-electron chi connectivity index (χ1n) is 6.29. The van der Waals surface area contributed by atoms with Crippen LogP contribution in [0.2, 0.25) is 0 Å². The summed E-state index contributed by atoms with van der Waals surface area (Å²) in [6.45, 7) is 2.11. The fourth-order valence-corrected chi connectivity index (χ4v) is 1.67. The molecule has 1 nitrogen and oxygen atoms in total. The highest BCUT2D eigenvalue weighted by atomic mass is 19.1. The van der Waals surface area contributed by atoms with Gasteiger partial charge in [-0.1, -0.05) is 32.3 Å². The maximum atomic E-state index is 12.9. The van der Waals surface area contributed by atoms with Crippen LogP contribution in [-0.2, 0) is 4.79 Å². The third-order valence-electron chi connectivity index (χ3n) is 2.62. The molecule has 0 aromatic heterocycles. The molecule has 0 atom stereocenters. The Morgan fingerprint density at radius 3 is 2.39 bits per heavy atom. The highest BCUT2D eigenvalue weighted by Gasteiger charge is 1.99. The number of benzene rings is 1. The minimum Gasteiger partial charge on any atom is -0.295 e. The van der Waals surface area contributed by atoms with E-state index in [0.29, 0.717) is 12.0 Å². The van der Waals surface area contributed by atoms with Crippen molar-refractivity contribution < 1.29 is 13.6 Å². The number of halogens is 2. The first-order valence-corrected chi connectivity index (χ1v) is 6.29. The largest absolute Gasteiger partial charge is 0.295 e. The molecular weight excluding hydrogens is 234 g/mol. The molecule has 0 amide bonds. The van der Waals surface area contributed by atoms with E-state index in [1.807, 2.05) is 0 Å². The third kappa shape index (κ3) is 5.71. The summed E-state index contributed by atoms with van der Waals surface area (Å²) < 4.78 is 25.8. The van der Waals surface area contributed by atoms with Crippen LogP contribution in [0.4, 0.5) is 8.78 Å². The van der Waals surface area contributed by atoms with E-state index in [1.54, 1.807) is 0 Å². The molecule has 0 spiro atoms. The van der Waals surface area contributed by atoms with E-state index in [2.05, 4.69) is 6.92 Å². The van der Waals surface area contributed by atoms with Crippen molar-refractivity contribution in [3.8, 4) is 0 Å². The van der Waals surface area contributed by atoms with Crippen LogP contribution in [0.25, 0.3) is 6.08 Å². The lowest BCUT2D eigenvalue weighted by Crippen LogP contribution is -1.92. The van der Waals surface area contributed by atoms with Gasteiger partial charge in [0.2, 0.25) is 0 Å². The molecule has 0 saturated carbocycles. The number of rotatable bonds is 7. The Balaban J connectivity index is 2.45. The summed E-state index contributed by atoms with van der Waals surface area (Å²) in [6, 6.07) is 3.21. The van der Waals surface area contributed by atoms with Crippen LogP contribution in [0.5, 0.6) is 0 Å². The standard InChI is InChI=1S/C15H18F2O/c1-2-3-4-5-6-15(18)8-7-12-9-13(16)11-14(17)10-12/h7-11H,2-6H2,1H3/b8-7-. The Kier molecular flexibility index (Phi) is 6.26. The van der Waals surface area contributed by atoms with E-state index in [0.717, 1.165) is 31.7 Å². The van der Waals surface area contributed by atoms with E-state index in [1.165, 1.54) is 24.3 Å². The summed E-state index contributed by atoms with van der Waals surface area (Å²) in [4.78, 5) is 11.5. The van der Waals surface area contributed by atoms with Gasteiger partial charge in [-0.05, 0) is 30.2 Å². The number of hydrogen-bond donors (Lipinski definition) is 0. The van der Waals surface area contributed by atoms with Gasteiger partial charge in [-0.25, -0.2) is 8.78 Å². The van der Waals surface area contributed by atoms with Gasteiger partial charge in [0.1, 0.15) is 11.6 Å². The summed E-state index contributed by atoms with van der Waals surface area (Å²) in [6.07, 6.45) is 7.51. The van der Waals surface area contributed by atoms with Gasteiger partial charge >= 0.3 is 0 Å². The molecular formula is C15H18F2O. The number of unbranched alkanes of at least 4 members (excludes halogenated alkanes) is 3. The molecule has 0 aliphatic carbocycles. The number of allylic oxidation sites excluding steroid dienone is 1. The van der Waals surface area contributed by atoms with E-state index in [9.17, 15) is 13.6 Å². The second-order valence-corrected chi connectivity index (χ2v) is 4.31. The monoisotopic (exact) mass is 252 g/mol. The van der Waals surface area contributed by atoms with Gasteiger partial charge in [-0.2, -0.15) is 0 Å². The molecule has 0 radical (unpaired) electrons. The van der Waals surface area contributed by atoms with Gasteiger partial charge < -0.3 is 0 Å². The first kappa shape index (κ1) is 14.6. The van der Waals surface area contributed by atoms with Crippen molar-refractivity contribution in [2.45, 2.75) is 39.0 Å². The van der Waals surface area contributed by atoms with E-state index >= 15 is 0 Å². The quantitative estimate of drug-likeness (QED) is 0.515. The molecule has 18 heavy (non-hydrogen) atoms. The number of ketones is 1. The molecule has 1 aromatic carbocycles. The fourth-order valence-electron chi connectivity index (χ4n) is 1.67. The Hall–Kier alpha value is -1.51. The molecule has 3 heteroatoms. The first-order chi connectivity index (χ1) is 8.61.